The number of carbonyl (C=O) groups is 2. The number of carbonyl (C=O) groups excluding carboxylic acids is 2. The molecule has 1 fully saturated rings. The van der Waals surface area contributed by atoms with Crippen LogP contribution >= 0.6 is 0 Å². The van der Waals surface area contributed by atoms with Crippen molar-refractivity contribution >= 4 is 27.5 Å². The summed E-state index contributed by atoms with van der Waals surface area (Å²) in [5.41, 5.74) is 2.72. The van der Waals surface area contributed by atoms with Crippen molar-refractivity contribution in [1.29, 1.82) is 0 Å². The number of fused-ring (bicyclic) bond motifs is 1. The maximum atomic E-state index is 13.2. The summed E-state index contributed by atoms with van der Waals surface area (Å²) in [4.78, 5) is 24.5. The third-order valence-electron chi connectivity index (χ3n) is 6.22. The van der Waals surface area contributed by atoms with Crippen LogP contribution in [0.3, 0.4) is 0 Å². The lowest BCUT2D eigenvalue weighted by Gasteiger charge is -2.30. The van der Waals surface area contributed by atoms with Gasteiger partial charge in [0.15, 0.2) is 0 Å². The molecule has 2 aromatic carbocycles. The zero-order valence-electron chi connectivity index (χ0n) is 18.0. The van der Waals surface area contributed by atoms with Gasteiger partial charge in [-0.05, 0) is 61.4 Å². The summed E-state index contributed by atoms with van der Waals surface area (Å²) in [5.74, 6) is -0.207. The normalized spacial score (nSPS) is 17.8. The lowest BCUT2D eigenvalue weighted by molar-refractivity contribution is -0.126. The topological polar surface area (TPSA) is 95.6 Å². The molecule has 0 spiro atoms. The molecule has 2 heterocycles. The second-order valence-corrected chi connectivity index (χ2v) is 10.4. The van der Waals surface area contributed by atoms with E-state index in [4.69, 9.17) is 0 Å². The largest absolute Gasteiger partial charge is 0.356 e. The minimum Gasteiger partial charge on any atom is -0.356 e. The molecule has 0 aliphatic carbocycles. The van der Waals surface area contributed by atoms with Crippen molar-refractivity contribution < 1.29 is 18.0 Å². The van der Waals surface area contributed by atoms with Gasteiger partial charge in [0.1, 0.15) is 0 Å². The Bertz CT molecular complexity index is 1080. The lowest BCUT2D eigenvalue weighted by atomic mass is 9.97. The van der Waals surface area contributed by atoms with Gasteiger partial charge in [0.25, 0.3) is 0 Å². The molecule has 8 heteroatoms. The van der Waals surface area contributed by atoms with Crippen LogP contribution in [0.4, 0.5) is 5.69 Å². The molecule has 2 N–H and O–H groups in total. The number of nitrogens with one attached hydrogen (secondary N) is 2. The Morgan fingerprint density at radius 3 is 2.56 bits per heavy atom. The van der Waals surface area contributed by atoms with Crippen LogP contribution in [0.1, 0.15) is 36.8 Å². The van der Waals surface area contributed by atoms with Crippen LogP contribution in [-0.2, 0) is 32.5 Å². The van der Waals surface area contributed by atoms with E-state index < -0.39 is 10.0 Å². The summed E-state index contributed by atoms with van der Waals surface area (Å²) in [5, 5.41) is 5.82. The van der Waals surface area contributed by atoms with Gasteiger partial charge in [0, 0.05) is 37.7 Å². The highest BCUT2D eigenvalue weighted by Gasteiger charge is 2.32. The lowest BCUT2D eigenvalue weighted by Crippen LogP contribution is -2.43. The van der Waals surface area contributed by atoms with Crippen LogP contribution in [0.25, 0.3) is 0 Å². The first kappa shape index (κ1) is 22.5. The number of hydrogen-bond acceptors (Lipinski definition) is 4. The van der Waals surface area contributed by atoms with Crippen LogP contribution in [0.2, 0.25) is 0 Å². The van der Waals surface area contributed by atoms with E-state index in [1.165, 1.54) is 9.87 Å². The Morgan fingerprint density at radius 2 is 1.81 bits per heavy atom. The molecular formula is C24H29N3O4S. The Labute approximate surface area is 189 Å². The van der Waals surface area contributed by atoms with E-state index in [1.807, 2.05) is 30.3 Å². The highest BCUT2D eigenvalue weighted by Crippen LogP contribution is 2.29. The molecule has 2 aromatic rings. The smallest absolute Gasteiger partial charge is 0.243 e. The van der Waals surface area contributed by atoms with E-state index in [2.05, 4.69) is 10.6 Å². The van der Waals surface area contributed by atoms with Gasteiger partial charge >= 0.3 is 0 Å². The van der Waals surface area contributed by atoms with Crippen molar-refractivity contribution in [2.75, 3.05) is 25.0 Å². The Kier molecular flexibility index (Phi) is 6.91. The van der Waals surface area contributed by atoms with Gasteiger partial charge in [-0.2, -0.15) is 4.31 Å². The number of nitrogens with zero attached hydrogens (tertiary/aromatic N) is 1. The molecule has 1 saturated heterocycles. The summed E-state index contributed by atoms with van der Waals surface area (Å²) < 4.78 is 27.8. The molecule has 2 amide bonds. The SMILES string of the molecule is O=C1CCCc2cc(S(=O)(=O)N3CCC(C(=O)NCCc4ccccc4)CC3)ccc2N1. The Hall–Kier alpha value is -2.71. The number of aryl methyl sites for hydroxylation is 1. The number of sulfonamides is 1. The highest BCUT2D eigenvalue weighted by molar-refractivity contribution is 7.89. The maximum Gasteiger partial charge on any atom is 0.243 e. The Balaban J connectivity index is 1.32. The van der Waals surface area contributed by atoms with Gasteiger partial charge in [-0.25, -0.2) is 8.42 Å². The predicted octanol–water partition coefficient (Wildman–Crippen LogP) is 2.72. The first-order valence-electron chi connectivity index (χ1n) is 11.2. The fourth-order valence-corrected chi connectivity index (χ4v) is 5.86. The number of hydrogen-bond donors (Lipinski definition) is 2. The molecule has 7 nitrogen and oxygen atoms in total. The minimum atomic E-state index is -3.63. The zero-order valence-corrected chi connectivity index (χ0v) is 18.9. The van der Waals surface area contributed by atoms with Crippen molar-refractivity contribution in [3.63, 3.8) is 0 Å². The second-order valence-electron chi connectivity index (χ2n) is 8.43. The van der Waals surface area contributed by atoms with Crippen molar-refractivity contribution in [3.05, 3.63) is 59.7 Å². The third-order valence-corrected chi connectivity index (χ3v) is 8.11. The van der Waals surface area contributed by atoms with Gasteiger partial charge in [-0.1, -0.05) is 30.3 Å². The van der Waals surface area contributed by atoms with Gasteiger partial charge < -0.3 is 10.6 Å². The summed E-state index contributed by atoms with van der Waals surface area (Å²) in [6, 6.07) is 14.9. The summed E-state index contributed by atoms with van der Waals surface area (Å²) >= 11 is 0. The minimum absolute atomic E-state index is 0.00116. The van der Waals surface area contributed by atoms with E-state index >= 15 is 0 Å². The first-order chi connectivity index (χ1) is 15.4. The predicted molar refractivity (Wildman–Crippen MR) is 123 cm³/mol. The molecule has 170 valence electrons. The van der Waals surface area contributed by atoms with Crippen molar-refractivity contribution in [1.82, 2.24) is 9.62 Å². The molecule has 2 aliphatic rings. The summed E-state index contributed by atoms with van der Waals surface area (Å²) in [6.07, 6.45) is 3.61. The van der Waals surface area contributed by atoms with Crippen molar-refractivity contribution in [2.24, 2.45) is 5.92 Å². The van der Waals surface area contributed by atoms with Crippen molar-refractivity contribution in [3.8, 4) is 0 Å². The number of benzene rings is 2. The van der Waals surface area contributed by atoms with Gasteiger partial charge in [0.2, 0.25) is 21.8 Å². The van der Waals surface area contributed by atoms with E-state index in [0.29, 0.717) is 57.4 Å². The molecule has 2 aliphatic heterocycles. The van der Waals surface area contributed by atoms with E-state index in [1.54, 1.807) is 18.2 Å². The molecular weight excluding hydrogens is 426 g/mol. The monoisotopic (exact) mass is 455 g/mol. The number of anilines is 1. The van der Waals surface area contributed by atoms with Crippen molar-refractivity contribution in [2.45, 2.75) is 43.4 Å². The quantitative estimate of drug-likeness (QED) is 0.700. The standard InChI is InChI=1S/C24H29N3O4S/c28-23-8-4-7-20-17-21(9-10-22(20)26-23)32(30,31)27-15-12-19(13-16-27)24(29)25-14-11-18-5-2-1-3-6-18/h1-3,5-6,9-10,17,19H,4,7-8,11-16H2,(H,25,29)(H,26,28). The number of rotatable bonds is 6. The van der Waals surface area contributed by atoms with Crippen LogP contribution in [-0.4, -0.2) is 44.2 Å². The molecule has 4 rings (SSSR count). The van der Waals surface area contributed by atoms with Crippen LogP contribution in [0.5, 0.6) is 0 Å². The van der Waals surface area contributed by atoms with Gasteiger partial charge in [-0.15, -0.1) is 0 Å². The number of piperidine rings is 1. The molecule has 0 aromatic heterocycles. The average molecular weight is 456 g/mol. The fraction of sp³-hybridized carbons (Fsp3) is 0.417. The zero-order chi connectivity index (χ0) is 22.6. The molecule has 0 saturated carbocycles. The molecule has 32 heavy (non-hydrogen) atoms. The summed E-state index contributed by atoms with van der Waals surface area (Å²) in [7, 11) is -3.63. The molecule has 0 bridgehead atoms. The van der Waals surface area contributed by atoms with E-state index in [9.17, 15) is 18.0 Å². The van der Waals surface area contributed by atoms with Crippen LogP contribution in [0, 0.1) is 5.92 Å². The van der Waals surface area contributed by atoms with E-state index in [0.717, 1.165) is 12.0 Å². The molecule has 0 unspecified atom stereocenters. The number of amides is 2. The second kappa shape index (κ2) is 9.83. The highest BCUT2D eigenvalue weighted by atomic mass is 32.2. The maximum absolute atomic E-state index is 13.2. The van der Waals surface area contributed by atoms with Crippen LogP contribution in [0.15, 0.2) is 53.4 Å². The Morgan fingerprint density at radius 1 is 1.06 bits per heavy atom. The summed E-state index contributed by atoms with van der Waals surface area (Å²) in [6.45, 7) is 1.23. The van der Waals surface area contributed by atoms with Gasteiger partial charge in [0.05, 0.1) is 4.90 Å². The fourth-order valence-electron chi connectivity index (χ4n) is 4.34. The average Bonchev–Trinajstić information content (AvgIpc) is 2.99. The van der Waals surface area contributed by atoms with E-state index in [-0.39, 0.29) is 22.6 Å². The first-order valence-corrected chi connectivity index (χ1v) is 12.6. The third kappa shape index (κ3) is 5.19. The molecule has 0 atom stereocenters. The molecule has 0 radical (unpaired) electrons. The van der Waals surface area contributed by atoms with Gasteiger partial charge in [-0.3, -0.25) is 9.59 Å². The van der Waals surface area contributed by atoms with Crippen LogP contribution < -0.4 is 10.6 Å².